The van der Waals surface area contributed by atoms with E-state index in [1.807, 2.05) is 195 Å². The summed E-state index contributed by atoms with van der Waals surface area (Å²) in [6.45, 7) is 24.6. The van der Waals surface area contributed by atoms with E-state index < -0.39 is 14.7 Å². The fraction of sp³-hybridized carbons (Fsp3) is 0.182. The van der Waals surface area contributed by atoms with Crippen molar-refractivity contribution in [3.63, 3.8) is 0 Å². The summed E-state index contributed by atoms with van der Waals surface area (Å²) in [5.41, 5.74) is 18.8. The molecule has 2 heterocycles. The van der Waals surface area contributed by atoms with Crippen molar-refractivity contribution in [2.24, 2.45) is 0 Å². The van der Waals surface area contributed by atoms with Crippen molar-refractivity contribution < 1.29 is 46.6 Å². The molecule has 12 aromatic carbocycles. The van der Waals surface area contributed by atoms with E-state index in [1.165, 1.54) is 11.1 Å². The fourth-order valence-corrected chi connectivity index (χ4v) is 18.6. The second-order valence-corrected chi connectivity index (χ2v) is 31.6. The maximum absolute atomic E-state index is 15.1. The average Bonchev–Trinajstić information content (AvgIpc) is 0.738. The molecule has 0 saturated heterocycles. The summed E-state index contributed by atoms with van der Waals surface area (Å²) in [5, 5.41) is 2.49. The van der Waals surface area contributed by atoms with Gasteiger partial charge in [0.1, 0.15) is 83.9 Å². The third-order valence-corrected chi connectivity index (χ3v) is 24.0. The quantitative estimate of drug-likeness (QED) is 0.0685. The Morgan fingerprint density at radius 3 is 1.16 bits per heavy atom. The topological polar surface area (TPSA) is 108 Å². The molecule has 0 bridgehead atoms. The lowest BCUT2D eigenvalue weighted by atomic mass is 9.76. The van der Waals surface area contributed by atoms with E-state index in [4.69, 9.17) is 37.5 Å². The summed E-state index contributed by atoms with van der Waals surface area (Å²) in [4.78, 5) is 0. The predicted octanol–water partition coefficient (Wildman–Crippen LogP) is 21.3. The Labute approximate surface area is 587 Å². The van der Waals surface area contributed by atoms with Gasteiger partial charge in [-0.15, -0.1) is 0 Å². The summed E-state index contributed by atoms with van der Waals surface area (Å²) >= 11 is 0. The Bertz CT molecular complexity index is 5150. The minimum Gasteiger partial charge on any atom is -0.489 e. The molecule has 0 N–H and O–H groups in total. The molecule has 2 aliphatic rings. The van der Waals surface area contributed by atoms with Gasteiger partial charge in [-0.2, -0.15) is 0 Å². The molecule has 14 rings (SSSR count). The lowest BCUT2D eigenvalue weighted by Gasteiger charge is -2.30. The number of para-hydroxylation sites is 2. The molecule has 0 aromatic heterocycles. The van der Waals surface area contributed by atoms with E-state index in [0.29, 0.717) is 64.0 Å². The Hall–Kier alpha value is -10.5. The van der Waals surface area contributed by atoms with Crippen molar-refractivity contribution in [2.75, 3.05) is 0 Å². The van der Waals surface area contributed by atoms with Gasteiger partial charge in [-0.05, 0) is 236 Å². The maximum atomic E-state index is 15.1. The number of rotatable bonds is 20. The maximum Gasteiger partial charge on any atom is 0.311 e. The van der Waals surface area contributed by atoms with Crippen LogP contribution in [0.2, 0.25) is 0 Å². The molecule has 12 heteroatoms. The zero-order valence-corrected chi connectivity index (χ0v) is 60.1. The normalized spacial score (nSPS) is 15.0. The molecule has 100 heavy (non-hydrogen) atoms. The molecule has 0 aliphatic carbocycles. The van der Waals surface area contributed by atoms with Crippen molar-refractivity contribution in [3.8, 4) is 79.7 Å². The van der Waals surface area contributed by atoms with Crippen LogP contribution in [-0.4, -0.2) is 0 Å². The van der Waals surface area contributed by atoms with Crippen LogP contribution in [0.4, 0.5) is 0 Å². The first-order valence-corrected chi connectivity index (χ1v) is 37.1. The van der Waals surface area contributed by atoms with E-state index in [-0.39, 0.29) is 12.0 Å². The van der Waals surface area contributed by atoms with Gasteiger partial charge < -0.3 is 37.5 Å². The first kappa shape index (κ1) is 66.7. The monoisotopic (exact) mass is 1360 g/mol. The third kappa shape index (κ3) is 13.2. The predicted molar refractivity (Wildman–Crippen MR) is 403 cm³/mol. The van der Waals surface area contributed by atoms with E-state index >= 15 is 4.57 Å². The summed E-state index contributed by atoms with van der Waals surface area (Å²) in [6, 6.07) is 77.9. The van der Waals surface area contributed by atoms with Gasteiger partial charge in [-0.25, -0.2) is 0 Å². The van der Waals surface area contributed by atoms with E-state index in [0.717, 1.165) is 129 Å². The largest absolute Gasteiger partial charge is 0.489 e. The summed E-state index contributed by atoms with van der Waals surface area (Å²) in [6.07, 6.45) is 0. The third-order valence-electron chi connectivity index (χ3n) is 19.1. The van der Waals surface area contributed by atoms with E-state index in [1.54, 1.807) is 0 Å². The van der Waals surface area contributed by atoms with E-state index in [2.05, 4.69) is 118 Å². The Balaban J connectivity index is 0.571. The van der Waals surface area contributed by atoms with Gasteiger partial charge in [0.15, 0.2) is 0 Å². The second kappa shape index (κ2) is 27.3. The number of aryl methyl sites for hydroxylation is 9. The Kier molecular flexibility index (Phi) is 18.2. The second-order valence-electron chi connectivity index (χ2n) is 27.0. The highest BCUT2D eigenvalue weighted by molar-refractivity contribution is 7.75. The summed E-state index contributed by atoms with van der Waals surface area (Å²) < 4.78 is 81.8. The average molecular weight is 1360 g/mol. The molecular weight excluding hydrogens is 1280 g/mol. The number of hydrogen-bond acceptors (Lipinski definition) is 10. The first-order chi connectivity index (χ1) is 48.2. The van der Waals surface area contributed by atoms with Crippen LogP contribution in [0, 0.1) is 62.3 Å². The van der Waals surface area contributed by atoms with Gasteiger partial charge in [0.05, 0.1) is 21.2 Å². The van der Waals surface area contributed by atoms with Crippen LogP contribution in [0.1, 0.15) is 97.3 Å². The van der Waals surface area contributed by atoms with Crippen LogP contribution >= 0.6 is 14.7 Å². The molecule has 0 fully saturated rings. The van der Waals surface area contributed by atoms with Crippen molar-refractivity contribution >= 4 is 36.0 Å². The van der Waals surface area contributed by atoms with Crippen molar-refractivity contribution in [1.29, 1.82) is 0 Å². The molecule has 502 valence electrons. The van der Waals surface area contributed by atoms with Gasteiger partial charge in [0.25, 0.3) is 0 Å². The molecular formula is C88H80O10P2. The molecule has 2 aliphatic heterocycles. The standard InChI is InChI=1S/C88H80O10P2/c1-55-31-40-80(83(41-55)100(90)82-30-19-15-26-77(82)75-24-13-17-28-79(75)98-100)92-52-65-34-38-67(39-35-65)54-94-85-62(8)48-72(49-63(85)9)96-87-58(4)44-69(45-59(87)5)88(10,11)68-42-56(2)86(57(3)43-68)95-71-46-60(6)84(61(7)47-71)93-53-66-36-32-64(33-37-66)51-91-70-21-20-22-73(50-70)99(89)81-29-18-14-25-76(81)74-23-12-16-27-78(74)97-99/h12-50H,51-54H2,1-11H3. The molecule has 0 amide bonds. The Morgan fingerprint density at radius 2 is 0.700 bits per heavy atom. The van der Waals surface area contributed by atoms with Crippen molar-refractivity contribution in [2.45, 2.75) is 108 Å². The molecule has 12 aromatic rings. The zero-order valence-electron chi connectivity index (χ0n) is 58.3. The van der Waals surface area contributed by atoms with Crippen LogP contribution in [0.15, 0.2) is 237 Å². The Morgan fingerprint density at radius 1 is 0.320 bits per heavy atom. The highest BCUT2D eigenvalue weighted by Gasteiger charge is 2.41. The van der Waals surface area contributed by atoms with Gasteiger partial charge in [0.2, 0.25) is 0 Å². The molecule has 2 atom stereocenters. The first-order valence-electron chi connectivity index (χ1n) is 33.9. The minimum absolute atomic E-state index is 0.283. The molecule has 0 radical (unpaired) electrons. The number of ether oxygens (including phenoxy) is 6. The summed E-state index contributed by atoms with van der Waals surface area (Å²) in [5.74, 6) is 7.18. The molecule has 10 nitrogen and oxygen atoms in total. The number of benzene rings is 12. The molecule has 0 saturated carbocycles. The lowest BCUT2D eigenvalue weighted by molar-refractivity contribution is 0.299. The number of fused-ring (bicyclic) bond motifs is 6. The molecule has 0 spiro atoms. The van der Waals surface area contributed by atoms with Crippen LogP contribution in [0.3, 0.4) is 0 Å². The van der Waals surface area contributed by atoms with Gasteiger partial charge in [-0.3, -0.25) is 9.13 Å². The minimum atomic E-state index is -3.56. The van der Waals surface area contributed by atoms with Crippen molar-refractivity contribution in [3.05, 3.63) is 320 Å². The SMILES string of the molecule is Cc1ccc(OCc2ccc(COc3c(C)cc(Oc4c(C)cc(C(C)(C)c5cc(C)c(Oc6cc(C)c(OCc7ccc(COc8cccc(P9(=O)Oc%10ccccc%10-c%10ccccc%109)c8)cc7)c(C)c6)c(C)c5)cc4C)cc3C)cc2)c(P2(=O)Oc3ccccc3-c3ccccc32)c1. The number of hydrogen-bond donors (Lipinski definition) is 0. The van der Waals surface area contributed by atoms with Crippen LogP contribution < -0.4 is 58.7 Å². The van der Waals surface area contributed by atoms with Crippen molar-refractivity contribution in [1.82, 2.24) is 0 Å². The zero-order chi connectivity index (χ0) is 69.6. The highest BCUT2D eigenvalue weighted by atomic mass is 31.2. The van der Waals surface area contributed by atoms with Gasteiger partial charge >= 0.3 is 14.7 Å². The fourth-order valence-electron chi connectivity index (χ4n) is 13.8. The highest BCUT2D eigenvalue weighted by Crippen LogP contribution is 2.57. The molecule has 2 unspecified atom stereocenters. The van der Waals surface area contributed by atoms with Crippen LogP contribution in [0.25, 0.3) is 22.3 Å². The van der Waals surface area contributed by atoms with Crippen LogP contribution in [-0.2, 0) is 41.0 Å². The summed E-state index contributed by atoms with van der Waals surface area (Å²) in [7, 11) is -7.00. The lowest BCUT2D eigenvalue weighted by Crippen LogP contribution is -2.26. The van der Waals surface area contributed by atoms with Crippen LogP contribution in [0.5, 0.6) is 57.5 Å². The van der Waals surface area contributed by atoms with Gasteiger partial charge in [-0.1, -0.05) is 172 Å². The smallest absolute Gasteiger partial charge is 0.311 e. The van der Waals surface area contributed by atoms with Gasteiger partial charge in [0, 0.05) is 16.5 Å². The van der Waals surface area contributed by atoms with E-state index in [9.17, 15) is 4.57 Å².